The number of hydrogen-bond acceptors (Lipinski definition) is 6. The highest BCUT2D eigenvalue weighted by atomic mass is 32.1. The van der Waals surface area contributed by atoms with Gasteiger partial charge in [-0.3, -0.25) is 4.79 Å². The average Bonchev–Trinajstić information content (AvgIpc) is 3.37. The van der Waals surface area contributed by atoms with Gasteiger partial charge in [-0.05, 0) is 97.8 Å². The lowest BCUT2D eigenvalue weighted by Gasteiger charge is -2.52. The minimum Gasteiger partial charge on any atom is -0.508 e. The Balaban J connectivity index is 1.35. The van der Waals surface area contributed by atoms with Crippen molar-refractivity contribution in [2.24, 2.45) is 23.2 Å². The molecule has 1 heterocycles. The summed E-state index contributed by atoms with van der Waals surface area (Å²) in [6.07, 6.45) is 9.01. The number of ether oxygens (including phenoxy) is 1. The van der Waals surface area contributed by atoms with E-state index in [0.29, 0.717) is 47.0 Å². The maximum absolute atomic E-state index is 12.8. The van der Waals surface area contributed by atoms with Gasteiger partial charge in [0.05, 0.1) is 6.61 Å². The third kappa shape index (κ3) is 4.87. The second kappa shape index (κ2) is 10.2. The van der Waals surface area contributed by atoms with E-state index < -0.39 is 0 Å². The number of nitrogens with one attached hydrogen (secondary N) is 2. The molecule has 2 saturated carbocycles. The highest BCUT2D eigenvalue weighted by Gasteiger charge is 2.58. The largest absolute Gasteiger partial charge is 0.508 e. The minimum absolute atomic E-state index is 0.0775. The molecule has 0 spiro atoms. The van der Waals surface area contributed by atoms with Gasteiger partial charge in [0.15, 0.2) is 5.13 Å². The van der Waals surface area contributed by atoms with Crippen molar-refractivity contribution in [2.45, 2.75) is 70.8 Å². The van der Waals surface area contributed by atoms with Gasteiger partial charge in [0.2, 0.25) is 5.91 Å². The zero-order valence-corrected chi connectivity index (χ0v) is 22.0. The molecule has 5 rings (SSSR count). The summed E-state index contributed by atoms with van der Waals surface area (Å²) < 4.78 is 5.33. The number of aromatic nitrogens is 1. The number of phenolic OH excluding ortho intramolecular Hbond substituents is 1. The Bertz CT molecular complexity index is 1060. The summed E-state index contributed by atoms with van der Waals surface area (Å²) in [6, 6.07) is 6.47. The zero-order valence-electron chi connectivity index (χ0n) is 21.2. The number of amides is 1. The fraction of sp³-hybridized carbons (Fsp3) is 0.643. The second-order valence-electron chi connectivity index (χ2n) is 11.1. The van der Waals surface area contributed by atoms with E-state index in [-0.39, 0.29) is 11.3 Å². The summed E-state index contributed by atoms with van der Waals surface area (Å²) in [4.78, 5) is 18.2. The van der Waals surface area contributed by atoms with Gasteiger partial charge in [-0.25, -0.2) is 4.98 Å². The zero-order chi connectivity index (χ0) is 24.6. The van der Waals surface area contributed by atoms with E-state index in [4.69, 9.17) is 4.74 Å². The van der Waals surface area contributed by atoms with Crippen molar-refractivity contribution in [1.29, 1.82) is 0 Å². The van der Waals surface area contributed by atoms with Gasteiger partial charge in [-0.2, -0.15) is 0 Å². The molecule has 7 heteroatoms. The Morgan fingerprint density at radius 3 is 2.97 bits per heavy atom. The van der Waals surface area contributed by atoms with Crippen LogP contribution < -0.4 is 10.6 Å². The molecule has 6 atom stereocenters. The SMILES string of the molecule is COCCNC1CC(CCC(=O)Nc2ncc(C)s2)C2C3CCc4cc(O)ccc4C3CCC12C. The molecule has 0 aliphatic heterocycles. The van der Waals surface area contributed by atoms with Crippen LogP contribution in [0.5, 0.6) is 5.75 Å². The van der Waals surface area contributed by atoms with Crippen LogP contribution in [-0.2, 0) is 16.0 Å². The van der Waals surface area contributed by atoms with Gasteiger partial charge in [-0.1, -0.05) is 13.0 Å². The summed E-state index contributed by atoms with van der Waals surface area (Å²) >= 11 is 1.53. The minimum atomic E-state index is 0.0775. The van der Waals surface area contributed by atoms with Crippen LogP contribution in [0.4, 0.5) is 5.13 Å². The summed E-state index contributed by atoms with van der Waals surface area (Å²) in [5.41, 5.74) is 3.02. The first-order valence-corrected chi connectivity index (χ1v) is 14.0. The van der Waals surface area contributed by atoms with Crippen LogP contribution in [0.3, 0.4) is 0 Å². The van der Waals surface area contributed by atoms with Gasteiger partial charge in [0.25, 0.3) is 0 Å². The van der Waals surface area contributed by atoms with Crippen LogP contribution in [0.1, 0.15) is 67.4 Å². The number of aryl methyl sites for hydroxylation is 2. The number of benzene rings is 1. The number of rotatable bonds is 8. The molecule has 190 valence electrons. The number of thiazole rings is 1. The van der Waals surface area contributed by atoms with Crippen LogP contribution in [0.2, 0.25) is 0 Å². The Labute approximate surface area is 212 Å². The average molecular weight is 498 g/mol. The van der Waals surface area contributed by atoms with Crippen LogP contribution >= 0.6 is 11.3 Å². The fourth-order valence-corrected chi connectivity index (χ4v) is 8.40. The number of phenols is 1. The molecule has 0 saturated heterocycles. The molecule has 2 aromatic rings. The van der Waals surface area contributed by atoms with Crippen molar-refractivity contribution >= 4 is 22.4 Å². The standard InChI is InChI=1S/C28H39N3O3S/c1-17-16-30-27(35-17)31-25(33)9-5-19-15-24(29-12-13-34-3)28(2)11-10-22-21-8-6-20(32)14-18(21)4-7-23(22)26(19)28/h6,8,14,16,19,22-24,26,29,32H,4-5,7,9-13,15H2,1-3H3,(H,30,31,33). The smallest absolute Gasteiger partial charge is 0.226 e. The molecule has 3 aliphatic rings. The molecule has 0 bridgehead atoms. The topological polar surface area (TPSA) is 83.5 Å². The lowest BCUT2D eigenvalue weighted by molar-refractivity contribution is -0.116. The van der Waals surface area contributed by atoms with E-state index in [1.807, 2.05) is 25.3 Å². The highest BCUT2D eigenvalue weighted by Crippen LogP contribution is 2.63. The predicted molar refractivity (Wildman–Crippen MR) is 140 cm³/mol. The molecule has 6 nitrogen and oxygen atoms in total. The first-order valence-electron chi connectivity index (χ1n) is 13.2. The number of nitrogens with zero attached hydrogens (tertiary/aromatic N) is 1. The van der Waals surface area contributed by atoms with Gasteiger partial charge in [0, 0.05) is 37.2 Å². The number of hydrogen-bond donors (Lipinski definition) is 3. The number of aromatic hydroxyl groups is 1. The summed E-state index contributed by atoms with van der Waals surface area (Å²) in [5.74, 6) is 2.77. The van der Waals surface area contributed by atoms with Crippen LogP contribution in [-0.4, -0.2) is 42.3 Å². The van der Waals surface area contributed by atoms with Crippen LogP contribution in [0, 0.1) is 30.1 Å². The molecule has 1 amide bonds. The van der Waals surface area contributed by atoms with Crippen molar-refractivity contribution in [3.63, 3.8) is 0 Å². The summed E-state index contributed by atoms with van der Waals surface area (Å²) in [7, 11) is 1.76. The monoisotopic (exact) mass is 497 g/mol. The van der Waals surface area contributed by atoms with E-state index in [1.165, 1.54) is 41.7 Å². The summed E-state index contributed by atoms with van der Waals surface area (Å²) in [5, 5.41) is 17.6. The first-order chi connectivity index (χ1) is 16.9. The molecule has 35 heavy (non-hydrogen) atoms. The van der Waals surface area contributed by atoms with E-state index in [0.717, 1.165) is 37.3 Å². The highest BCUT2D eigenvalue weighted by molar-refractivity contribution is 7.15. The molecule has 1 aromatic heterocycles. The molecular formula is C28H39N3O3S. The number of fused-ring (bicyclic) bond motifs is 5. The molecule has 0 radical (unpaired) electrons. The lowest BCUT2D eigenvalue weighted by Crippen LogP contribution is -2.49. The normalized spacial score (nSPS) is 31.5. The maximum atomic E-state index is 12.8. The van der Waals surface area contributed by atoms with Crippen molar-refractivity contribution in [1.82, 2.24) is 10.3 Å². The Kier molecular flexibility index (Phi) is 7.20. The van der Waals surface area contributed by atoms with Crippen molar-refractivity contribution in [3.05, 3.63) is 40.4 Å². The third-order valence-electron chi connectivity index (χ3n) is 9.16. The predicted octanol–water partition coefficient (Wildman–Crippen LogP) is 5.26. The fourth-order valence-electron chi connectivity index (χ4n) is 7.72. The van der Waals surface area contributed by atoms with Gasteiger partial charge < -0.3 is 20.5 Å². The number of methoxy groups -OCH3 is 1. The number of carbonyl (C=O) groups is 1. The molecule has 2 fully saturated rings. The molecule has 1 aromatic carbocycles. The third-order valence-corrected chi connectivity index (χ3v) is 9.98. The number of carbonyl (C=O) groups excluding carboxylic acids is 1. The second-order valence-corrected chi connectivity index (χ2v) is 12.4. The quantitative estimate of drug-likeness (QED) is 0.433. The first kappa shape index (κ1) is 24.7. The van der Waals surface area contributed by atoms with Crippen molar-refractivity contribution < 1.29 is 14.6 Å². The molecule has 3 N–H and O–H groups in total. The lowest BCUT2D eigenvalue weighted by atomic mass is 9.53. The van der Waals surface area contributed by atoms with E-state index in [1.54, 1.807) is 7.11 Å². The Morgan fingerprint density at radius 2 is 2.20 bits per heavy atom. The molecular weight excluding hydrogens is 458 g/mol. The number of anilines is 1. The van der Waals surface area contributed by atoms with E-state index >= 15 is 0 Å². The van der Waals surface area contributed by atoms with Crippen LogP contribution in [0.15, 0.2) is 24.4 Å². The van der Waals surface area contributed by atoms with E-state index in [2.05, 4.69) is 28.6 Å². The summed E-state index contributed by atoms with van der Waals surface area (Å²) in [6.45, 7) is 6.10. The van der Waals surface area contributed by atoms with Gasteiger partial charge in [-0.15, -0.1) is 11.3 Å². The molecule has 3 aliphatic carbocycles. The molecule has 6 unspecified atom stereocenters. The Morgan fingerprint density at radius 1 is 1.34 bits per heavy atom. The van der Waals surface area contributed by atoms with Crippen molar-refractivity contribution in [3.8, 4) is 5.75 Å². The van der Waals surface area contributed by atoms with Crippen molar-refractivity contribution in [2.75, 3.05) is 25.6 Å². The van der Waals surface area contributed by atoms with Gasteiger partial charge in [0.1, 0.15) is 5.75 Å². The Hall–Kier alpha value is -1.96. The van der Waals surface area contributed by atoms with Crippen LogP contribution in [0.25, 0.3) is 0 Å². The van der Waals surface area contributed by atoms with E-state index in [9.17, 15) is 9.90 Å². The maximum Gasteiger partial charge on any atom is 0.226 e. The van der Waals surface area contributed by atoms with Gasteiger partial charge >= 0.3 is 0 Å².